The zero-order valence-electron chi connectivity index (χ0n) is 11.2. The maximum absolute atomic E-state index is 12.0. The van der Waals surface area contributed by atoms with Crippen LogP contribution in [0.1, 0.15) is 29.2 Å². The maximum Gasteiger partial charge on any atom is 0.331 e. The second-order valence-electron chi connectivity index (χ2n) is 5.24. The highest BCUT2D eigenvalue weighted by molar-refractivity contribution is 5.31. The van der Waals surface area contributed by atoms with Crippen molar-refractivity contribution in [2.45, 2.75) is 32.2 Å². The minimum atomic E-state index is -0.539. The molecule has 1 heterocycles. The van der Waals surface area contributed by atoms with E-state index in [1.165, 1.54) is 22.6 Å². The summed E-state index contributed by atoms with van der Waals surface area (Å²) in [6.45, 7) is 1.51. The fourth-order valence-electron chi connectivity index (χ4n) is 2.87. The van der Waals surface area contributed by atoms with E-state index in [-0.39, 0.29) is 17.5 Å². The van der Waals surface area contributed by atoms with E-state index in [2.05, 4.69) is 11.1 Å². The lowest BCUT2D eigenvalue weighted by atomic mass is 9.88. The highest BCUT2D eigenvalue weighted by atomic mass is 16.3. The van der Waals surface area contributed by atoms with Crippen LogP contribution >= 0.6 is 0 Å². The molecule has 1 atom stereocenters. The van der Waals surface area contributed by atoms with Gasteiger partial charge in [0.2, 0.25) is 5.88 Å². The van der Waals surface area contributed by atoms with Crippen LogP contribution < -0.4 is 11.2 Å². The number of aryl methyl sites for hydroxylation is 1. The number of nitrogens with one attached hydrogen (secondary N) is 1. The van der Waals surface area contributed by atoms with Crippen molar-refractivity contribution < 1.29 is 5.11 Å². The summed E-state index contributed by atoms with van der Waals surface area (Å²) in [6.07, 6.45) is 2.33. The van der Waals surface area contributed by atoms with Gasteiger partial charge in [-0.25, -0.2) is 4.79 Å². The van der Waals surface area contributed by atoms with Crippen molar-refractivity contribution in [3.63, 3.8) is 0 Å². The molecule has 20 heavy (non-hydrogen) atoms. The van der Waals surface area contributed by atoms with Crippen LogP contribution in [0.5, 0.6) is 5.88 Å². The SMILES string of the molecule is Cc1c(O)n(C2CCc3ccccc3C2)c(=O)[nH]c1=O. The van der Waals surface area contributed by atoms with Gasteiger partial charge in [0, 0.05) is 6.04 Å². The second kappa shape index (κ2) is 4.67. The summed E-state index contributed by atoms with van der Waals surface area (Å²) >= 11 is 0. The first-order chi connectivity index (χ1) is 9.58. The summed E-state index contributed by atoms with van der Waals surface area (Å²) < 4.78 is 1.31. The lowest BCUT2D eigenvalue weighted by Gasteiger charge is -2.27. The van der Waals surface area contributed by atoms with Gasteiger partial charge in [0.1, 0.15) is 0 Å². The summed E-state index contributed by atoms with van der Waals surface area (Å²) in [5.74, 6) is -0.219. The number of H-pyrrole nitrogens is 1. The first-order valence-electron chi connectivity index (χ1n) is 6.69. The Bertz CT molecular complexity index is 773. The van der Waals surface area contributed by atoms with Gasteiger partial charge in [0.25, 0.3) is 5.56 Å². The van der Waals surface area contributed by atoms with Crippen LogP contribution in [0.4, 0.5) is 0 Å². The summed E-state index contributed by atoms with van der Waals surface area (Å²) in [5.41, 5.74) is 1.60. The highest BCUT2D eigenvalue weighted by Crippen LogP contribution is 2.30. The number of hydrogen-bond donors (Lipinski definition) is 2. The Hall–Kier alpha value is -2.30. The zero-order valence-corrected chi connectivity index (χ0v) is 11.2. The number of aromatic amines is 1. The average molecular weight is 272 g/mol. The fourth-order valence-corrected chi connectivity index (χ4v) is 2.87. The largest absolute Gasteiger partial charge is 0.494 e. The Balaban J connectivity index is 2.07. The third-order valence-electron chi connectivity index (χ3n) is 4.03. The summed E-state index contributed by atoms with van der Waals surface area (Å²) in [4.78, 5) is 25.7. The van der Waals surface area contributed by atoms with Crippen LogP contribution in [-0.4, -0.2) is 14.7 Å². The topological polar surface area (TPSA) is 75.1 Å². The van der Waals surface area contributed by atoms with E-state index in [1.807, 2.05) is 18.2 Å². The number of aromatic nitrogens is 2. The summed E-state index contributed by atoms with van der Waals surface area (Å²) in [6, 6.07) is 8.00. The van der Waals surface area contributed by atoms with Gasteiger partial charge in [-0.2, -0.15) is 0 Å². The van der Waals surface area contributed by atoms with E-state index in [4.69, 9.17) is 0 Å². The van der Waals surface area contributed by atoms with Crippen LogP contribution in [0.3, 0.4) is 0 Å². The lowest BCUT2D eigenvalue weighted by Crippen LogP contribution is -2.35. The fraction of sp³-hybridized carbons (Fsp3) is 0.333. The molecule has 1 aromatic heterocycles. The van der Waals surface area contributed by atoms with Crippen LogP contribution in [0, 0.1) is 6.92 Å². The lowest BCUT2D eigenvalue weighted by molar-refractivity contribution is 0.337. The molecule has 3 rings (SSSR count). The molecular weight excluding hydrogens is 256 g/mol. The predicted molar refractivity (Wildman–Crippen MR) is 75.2 cm³/mol. The third kappa shape index (κ3) is 1.95. The van der Waals surface area contributed by atoms with Gasteiger partial charge in [-0.1, -0.05) is 24.3 Å². The number of hydrogen-bond acceptors (Lipinski definition) is 3. The van der Waals surface area contributed by atoms with Crippen molar-refractivity contribution in [2.75, 3.05) is 0 Å². The van der Waals surface area contributed by atoms with Crippen LogP contribution in [-0.2, 0) is 12.8 Å². The predicted octanol–water partition coefficient (Wildman–Crippen LogP) is 1.28. The van der Waals surface area contributed by atoms with Crippen LogP contribution in [0.2, 0.25) is 0 Å². The molecule has 0 bridgehead atoms. The normalized spacial score (nSPS) is 17.8. The molecule has 0 saturated heterocycles. The molecule has 1 aliphatic rings. The molecule has 5 heteroatoms. The van der Waals surface area contributed by atoms with E-state index in [1.54, 1.807) is 0 Å². The van der Waals surface area contributed by atoms with Gasteiger partial charge in [-0.3, -0.25) is 14.3 Å². The van der Waals surface area contributed by atoms with Crippen LogP contribution in [0.15, 0.2) is 33.9 Å². The molecule has 0 spiro atoms. The molecule has 1 aliphatic carbocycles. The van der Waals surface area contributed by atoms with E-state index in [0.717, 1.165) is 12.8 Å². The monoisotopic (exact) mass is 272 g/mol. The Kier molecular flexibility index (Phi) is 2.97. The number of aromatic hydroxyl groups is 1. The van der Waals surface area contributed by atoms with Crippen molar-refractivity contribution in [3.8, 4) is 5.88 Å². The molecule has 0 radical (unpaired) electrons. The molecule has 1 aromatic carbocycles. The van der Waals surface area contributed by atoms with Crippen molar-refractivity contribution in [1.29, 1.82) is 0 Å². The summed E-state index contributed by atoms with van der Waals surface area (Å²) in [7, 11) is 0. The molecule has 0 fully saturated rings. The van der Waals surface area contributed by atoms with Gasteiger partial charge < -0.3 is 5.11 Å². The molecule has 2 N–H and O–H groups in total. The number of rotatable bonds is 1. The molecule has 0 aliphatic heterocycles. The Morgan fingerprint density at radius 1 is 1.25 bits per heavy atom. The molecule has 2 aromatic rings. The standard InChI is InChI=1S/C15H16N2O3/c1-9-13(18)16-15(20)17(14(9)19)12-7-6-10-4-2-3-5-11(10)8-12/h2-5,12,19H,6-8H2,1H3,(H,16,18,20). The number of benzene rings is 1. The smallest absolute Gasteiger partial charge is 0.331 e. The van der Waals surface area contributed by atoms with Gasteiger partial charge >= 0.3 is 5.69 Å². The second-order valence-corrected chi connectivity index (χ2v) is 5.24. The Labute approximate surface area is 115 Å². The van der Waals surface area contributed by atoms with E-state index in [0.29, 0.717) is 6.42 Å². The highest BCUT2D eigenvalue weighted by Gasteiger charge is 2.24. The maximum atomic E-state index is 12.0. The molecule has 1 unspecified atom stereocenters. The first-order valence-corrected chi connectivity index (χ1v) is 6.69. The molecule has 104 valence electrons. The first kappa shape index (κ1) is 12.7. The minimum absolute atomic E-state index is 0.118. The minimum Gasteiger partial charge on any atom is -0.494 e. The third-order valence-corrected chi connectivity index (χ3v) is 4.03. The Morgan fingerprint density at radius 2 is 1.95 bits per heavy atom. The van der Waals surface area contributed by atoms with Gasteiger partial charge in [0.05, 0.1) is 5.56 Å². The average Bonchev–Trinajstić information content (AvgIpc) is 2.45. The van der Waals surface area contributed by atoms with E-state index in [9.17, 15) is 14.7 Å². The van der Waals surface area contributed by atoms with Crippen molar-refractivity contribution in [1.82, 2.24) is 9.55 Å². The van der Waals surface area contributed by atoms with Crippen LogP contribution in [0.25, 0.3) is 0 Å². The Morgan fingerprint density at radius 3 is 2.70 bits per heavy atom. The number of nitrogens with zero attached hydrogens (tertiary/aromatic N) is 1. The molecular formula is C15H16N2O3. The van der Waals surface area contributed by atoms with Crippen molar-refractivity contribution in [3.05, 3.63) is 61.8 Å². The quantitative estimate of drug-likeness (QED) is 0.821. The van der Waals surface area contributed by atoms with Gasteiger partial charge in [-0.15, -0.1) is 0 Å². The van der Waals surface area contributed by atoms with E-state index >= 15 is 0 Å². The molecule has 0 saturated carbocycles. The summed E-state index contributed by atoms with van der Waals surface area (Å²) in [5, 5.41) is 10.1. The van der Waals surface area contributed by atoms with E-state index < -0.39 is 11.2 Å². The van der Waals surface area contributed by atoms with Gasteiger partial charge in [-0.05, 0) is 37.3 Å². The zero-order chi connectivity index (χ0) is 14.3. The van der Waals surface area contributed by atoms with Crippen molar-refractivity contribution in [2.24, 2.45) is 0 Å². The molecule has 5 nitrogen and oxygen atoms in total. The number of fused-ring (bicyclic) bond motifs is 1. The van der Waals surface area contributed by atoms with Crippen molar-refractivity contribution >= 4 is 0 Å². The van der Waals surface area contributed by atoms with Gasteiger partial charge in [0.15, 0.2) is 0 Å². The molecule has 0 amide bonds.